The first kappa shape index (κ1) is 14.2. The molecule has 68 valence electrons. The minimum absolute atomic E-state index is 0. The third-order valence-corrected chi connectivity index (χ3v) is 2.84. The average molecular weight is 253 g/mol. The largest absolute Gasteiger partial charge is 1.00 e. The van der Waals surface area contributed by atoms with Gasteiger partial charge in [0.1, 0.15) is 0 Å². The molecule has 0 aromatic carbocycles. The predicted molar refractivity (Wildman–Crippen MR) is 44.1 cm³/mol. The van der Waals surface area contributed by atoms with Crippen LogP contribution in [0.2, 0.25) is 0 Å². The molecule has 13 heavy (non-hydrogen) atoms. The number of rotatable bonds is 3. The van der Waals surface area contributed by atoms with E-state index in [1.807, 2.05) is 0 Å². The number of nitrogens with zero attached hydrogens (tertiary/aromatic N) is 2. The zero-order valence-corrected chi connectivity index (χ0v) is 11.5. The van der Waals surface area contributed by atoms with E-state index in [0.717, 1.165) is 11.3 Å². The Morgan fingerprint density at radius 3 is 2.38 bits per heavy atom. The smallest absolute Gasteiger partial charge is 0.448 e. The quantitative estimate of drug-likeness (QED) is 0.532. The van der Waals surface area contributed by atoms with Crippen LogP contribution in [0.15, 0.2) is 4.34 Å². The van der Waals surface area contributed by atoms with Crippen molar-refractivity contribution in [1.29, 1.82) is 0 Å². The first-order chi connectivity index (χ1) is 5.47. The van der Waals surface area contributed by atoms with Gasteiger partial charge in [0.05, 0.1) is 0 Å². The molecule has 0 atom stereocenters. The van der Waals surface area contributed by atoms with Crippen LogP contribution in [0.4, 0.5) is 18.1 Å². The van der Waals surface area contributed by atoms with Gasteiger partial charge in [-0.1, -0.05) is 11.3 Å². The van der Waals surface area contributed by atoms with Crippen molar-refractivity contribution in [2.45, 2.75) is 4.34 Å². The van der Waals surface area contributed by atoms with Crippen molar-refractivity contribution in [3.8, 4) is 0 Å². The minimum atomic E-state index is -4.76. The molecular formula is C3H4BF3KN3S2. The van der Waals surface area contributed by atoms with E-state index in [0.29, 0.717) is 11.8 Å². The van der Waals surface area contributed by atoms with E-state index in [9.17, 15) is 12.9 Å². The number of nitrogen functional groups attached to an aromatic ring is 1. The third kappa shape index (κ3) is 6.31. The fourth-order valence-corrected chi connectivity index (χ4v) is 1.91. The molecule has 0 saturated carbocycles. The third-order valence-electron chi connectivity index (χ3n) is 0.818. The molecule has 0 bridgehead atoms. The summed E-state index contributed by atoms with van der Waals surface area (Å²) in [7, 11) is 0. The molecule has 0 aliphatic carbocycles. The van der Waals surface area contributed by atoms with E-state index in [1.165, 1.54) is 0 Å². The van der Waals surface area contributed by atoms with Crippen LogP contribution in [0, 0.1) is 0 Å². The summed E-state index contributed by atoms with van der Waals surface area (Å²) in [6.07, 6.45) is 0. The Morgan fingerprint density at radius 2 is 2.00 bits per heavy atom. The van der Waals surface area contributed by atoms with Crippen molar-refractivity contribution in [3.05, 3.63) is 0 Å². The maximum absolute atomic E-state index is 11.7. The normalized spacial score (nSPS) is 11.0. The average Bonchev–Trinajstić information content (AvgIpc) is 2.30. The molecule has 1 aromatic rings. The molecular weight excluding hydrogens is 249 g/mol. The van der Waals surface area contributed by atoms with Gasteiger partial charge in [-0.2, -0.15) is 0 Å². The van der Waals surface area contributed by atoms with Gasteiger partial charge in [0, 0.05) is 0 Å². The topological polar surface area (TPSA) is 51.8 Å². The van der Waals surface area contributed by atoms with Crippen LogP contribution >= 0.6 is 23.1 Å². The van der Waals surface area contributed by atoms with Crippen LogP contribution in [0.5, 0.6) is 0 Å². The van der Waals surface area contributed by atoms with Gasteiger partial charge in [-0.05, 0) is 5.65 Å². The molecule has 0 saturated heterocycles. The maximum Gasteiger partial charge on any atom is 1.00 e. The summed E-state index contributed by atoms with van der Waals surface area (Å²) in [4.78, 5) is 0. The summed E-state index contributed by atoms with van der Waals surface area (Å²) < 4.78 is 35.4. The number of nitrogens with two attached hydrogens (primary N) is 1. The Hall–Kier alpha value is 1.20. The Kier molecular flexibility index (Phi) is 6.48. The van der Waals surface area contributed by atoms with Gasteiger partial charge < -0.3 is 18.7 Å². The Labute approximate surface area is 124 Å². The number of thioether (sulfide) groups is 1. The van der Waals surface area contributed by atoms with Crippen molar-refractivity contribution in [1.82, 2.24) is 10.2 Å². The van der Waals surface area contributed by atoms with E-state index in [-0.39, 0.29) is 60.9 Å². The second-order valence-corrected chi connectivity index (χ2v) is 4.20. The van der Waals surface area contributed by atoms with E-state index in [2.05, 4.69) is 10.2 Å². The predicted octanol–water partition coefficient (Wildman–Crippen LogP) is -1.40. The summed E-state index contributed by atoms with van der Waals surface area (Å²) in [5, 5.41) is 7.00. The second kappa shape index (κ2) is 5.93. The fourth-order valence-electron chi connectivity index (χ4n) is 0.444. The van der Waals surface area contributed by atoms with Crippen LogP contribution in [0.3, 0.4) is 0 Å². The van der Waals surface area contributed by atoms with E-state index in [1.54, 1.807) is 0 Å². The number of anilines is 1. The minimum Gasteiger partial charge on any atom is -0.448 e. The van der Waals surface area contributed by atoms with Gasteiger partial charge in [0.15, 0.2) is 4.34 Å². The molecule has 1 rings (SSSR count). The molecule has 0 aliphatic heterocycles. The van der Waals surface area contributed by atoms with Crippen molar-refractivity contribution >= 4 is 35.2 Å². The van der Waals surface area contributed by atoms with Gasteiger partial charge in [0.25, 0.3) is 0 Å². The van der Waals surface area contributed by atoms with Crippen LogP contribution in [-0.4, -0.2) is 22.8 Å². The van der Waals surface area contributed by atoms with Gasteiger partial charge in [-0.25, -0.2) is 0 Å². The molecule has 1 heterocycles. The first-order valence-corrected chi connectivity index (χ1v) is 4.70. The monoisotopic (exact) mass is 253 g/mol. The summed E-state index contributed by atoms with van der Waals surface area (Å²) in [5.41, 5.74) is 4.28. The summed E-state index contributed by atoms with van der Waals surface area (Å²) >= 11 is 1.57. The van der Waals surface area contributed by atoms with Gasteiger partial charge in [-0.15, -0.1) is 22.0 Å². The first-order valence-electron chi connectivity index (χ1n) is 2.90. The molecule has 0 fully saturated rings. The van der Waals surface area contributed by atoms with E-state index < -0.39 is 12.6 Å². The molecule has 3 nitrogen and oxygen atoms in total. The molecule has 10 heteroatoms. The number of halogens is 3. The van der Waals surface area contributed by atoms with Crippen LogP contribution < -0.4 is 57.1 Å². The van der Waals surface area contributed by atoms with Gasteiger partial charge in [-0.3, -0.25) is 0 Å². The number of hydrogen-bond donors (Lipinski definition) is 1. The SMILES string of the molecule is Nc1nnc(SC[B-](F)(F)F)s1.[K+]. The number of aromatic nitrogens is 2. The van der Waals surface area contributed by atoms with Gasteiger partial charge >= 0.3 is 58.4 Å². The Balaban J connectivity index is 0.00000144. The molecule has 1 aromatic heterocycles. The van der Waals surface area contributed by atoms with E-state index in [4.69, 9.17) is 5.73 Å². The van der Waals surface area contributed by atoms with Crippen molar-refractivity contribution < 1.29 is 64.3 Å². The zero-order valence-electron chi connectivity index (χ0n) is 6.71. The standard InChI is InChI=1S/C3H4BF3N3S2.K/c5-4(6,7)1-11-3-10-9-2(8)12-3;/h1H2,(H2,8,9);/q-1;+1. The van der Waals surface area contributed by atoms with Crippen molar-refractivity contribution in [3.63, 3.8) is 0 Å². The van der Waals surface area contributed by atoms with E-state index >= 15 is 0 Å². The van der Waals surface area contributed by atoms with Crippen molar-refractivity contribution in [2.24, 2.45) is 0 Å². The summed E-state index contributed by atoms with van der Waals surface area (Å²) in [6, 6.07) is 0. The molecule has 2 N–H and O–H groups in total. The second-order valence-electron chi connectivity index (χ2n) is 1.93. The molecule has 0 spiro atoms. The molecule has 0 amide bonds. The molecule has 0 radical (unpaired) electrons. The molecule has 0 unspecified atom stereocenters. The Morgan fingerprint density at radius 1 is 1.38 bits per heavy atom. The van der Waals surface area contributed by atoms with Crippen LogP contribution in [0.1, 0.15) is 0 Å². The Bertz CT molecular complexity index is 267. The zero-order chi connectivity index (χ0) is 9.19. The van der Waals surface area contributed by atoms with Gasteiger partial charge in [0.2, 0.25) is 5.13 Å². The summed E-state index contributed by atoms with van der Waals surface area (Å²) in [6.45, 7) is -4.76. The maximum atomic E-state index is 11.7. The molecule has 0 aliphatic rings. The summed E-state index contributed by atoms with van der Waals surface area (Å²) in [5.74, 6) is 0. The number of hydrogen-bond acceptors (Lipinski definition) is 5. The van der Waals surface area contributed by atoms with Crippen LogP contribution in [-0.2, 0) is 0 Å². The van der Waals surface area contributed by atoms with Crippen LogP contribution in [0.25, 0.3) is 0 Å². The van der Waals surface area contributed by atoms with Crippen molar-refractivity contribution in [2.75, 3.05) is 11.4 Å². The fraction of sp³-hybridized carbons (Fsp3) is 0.333.